The Labute approximate surface area is 749 Å². The van der Waals surface area contributed by atoms with Crippen LogP contribution in [0.4, 0.5) is 19.2 Å². The second-order valence-electron chi connectivity index (χ2n) is 35.6. The number of alkyl halides is 1. The number of hydrazine groups is 1. The third-order valence-corrected chi connectivity index (χ3v) is 17.4. The Morgan fingerprint density at radius 3 is 0.762 bits per heavy atom. The number of carbonyl (C=O) groups is 13. The van der Waals surface area contributed by atoms with E-state index in [-0.39, 0.29) is 49.4 Å². The highest BCUT2D eigenvalue weighted by Gasteiger charge is 2.36. The number of methoxy groups -OCH3 is 2. The molecule has 0 saturated carbocycles. The van der Waals surface area contributed by atoms with Gasteiger partial charge in [0.25, 0.3) is 0 Å². The quantitative estimate of drug-likeness (QED) is 0.00752. The van der Waals surface area contributed by atoms with Crippen molar-refractivity contribution >= 4 is 89.4 Å². The fraction of sp³-hybridized carbons (Fsp3) is 0.543. The summed E-state index contributed by atoms with van der Waals surface area (Å²) in [7, 11) is 2.54. The molecule has 0 aromatic heterocycles. The van der Waals surface area contributed by atoms with Crippen LogP contribution in [-0.4, -0.2) is 185 Å². The molecule has 0 unspecified atom stereocenters. The predicted molar refractivity (Wildman–Crippen MR) is 484 cm³/mol. The number of rotatable bonds is 39. The summed E-state index contributed by atoms with van der Waals surface area (Å²) in [4.78, 5) is 162. The molecule has 12 N–H and O–H groups in total. The minimum atomic E-state index is -1.17. The highest BCUT2D eigenvalue weighted by atomic mass is 35.5. The average Bonchev–Trinajstić information content (AvgIpc) is 0.860. The van der Waals surface area contributed by atoms with Crippen LogP contribution in [0.25, 0.3) is 0 Å². The number of ether oxygens (including phenoxy) is 6. The van der Waals surface area contributed by atoms with Crippen molar-refractivity contribution in [2.45, 2.75) is 286 Å². The summed E-state index contributed by atoms with van der Waals surface area (Å²) in [5.41, 5.74) is 6.39. The molecule has 0 aliphatic rings. The van der Waals surface area contributed by atoms with Gasteiger partial charge in [-0.05, 0) is 186 Å². The minimum absolute atomic E-state index is 0.0278. The molecule has 9 amide bonds. The summed E-state index contributed by atoms with van der Waals surface area (Å²) < 4.78 is 30.7. The van der Waals surface area contributed by atoms with E-state index in [1.807, 2.05) is 183 Å². The zero-order chi connectivity index (χ0) is 95.7. The van der Waals surface area contributed by atoms with Crippen molar-refractivity contribution in [3.05, 3.63) is 179 Å². The third-order valence-electron chi connectivity index (χ3n) is 17.4. The number of alkyl carbamates (subject to hydrolysis) is 3. The highest BCUT2D eigenvalue weighted by Crippen LogP contribution is 2.19. The van der Waals surface area contributed by atoms with E-state index in [1.165, 1.54) is 20.6 Å². The molecule has 700 valence electrons. The van der Waals surface area contributed by atoms with Crippen LogP contribution in [0.3, 0.4) is 0 Å². The maximum absolute atomic E-state index is 13.5. The summed E-state index contributed by atoms with van der Waals surface area (Å²) in [5.74, 6) is -5.48. The molecular weight excluding hydrogens is 1640 g/mol. The van der Waals surface area contributed by atoms with Crippen LogP contribution in [0, 0.1) is 23.7 Å². The molecule has 9 atom stereocenters. The van der Waals surface area contributed by atoms with Crippen LogP contribution in [0.15, 0.2) is 152 Å². The number of aryl methyl sites for hydroxylation is 2. The lowest BCUT2D eigenvalue weighted by Crippen LogP contribution is -2.56. The van der Waals surface area contributed by atoms with E-state index in [4.69, 9.17) is 33.5 Å². The number of aliphatic carboxylic acids is 2. The number of amides is 9. The van der Waals surface area contributed by atoms with Gasteiger partial charge in [0, 0.05) is 25.6 Å². The van der Waals surface area contributed by atoms with E-state index < -0.39 is 155 Å². The van der Waals surface area contributed by atoms with Gasteiger partial charge in [0.1, 0.15) is 76.8 Å². The first-order chi connectivity index (χ1) is 58.8. The first kappa shape index (κ1) is 113. The molecule has 0 saturated heterocycles. The molecule has 0 spiro atoms. The number of hydrogen-bond donors (Lipinski definition) is 12. The van der Waals surface area contributed by atoms with Crippen molar-refractivity contribution in [2.24, 2.45) is 23.7 Å². The number of hydrogen-bond acceptors (Lipinski definition) is 20. The van der Waals surface area contributed by atoms with E-state index in [9.17, 15) is 67.4 Å². The molecule has 32 heteroatoms. The maximum Gasteiger partial charge on any atom is 0.422 e. The fourth-order valence-electron chi connectivity index (χ4n) is 11.8. The van der Waals surface area contributed by atoms with E-state index in [0.29, 0.717) is 44.9 Å². The lowest BCUT2D eigenvalue weighted by atomic mass is 10.00. The van der Waals surface area contributed by atoms with Crippen molar-refractivity contribution < 1.29 is 101 Å². The van der Waals surface area contributed by atoms with Gasteiger partial charge in [-0.25, -0.2) is 39.0 Å². The summed E-state index contributed by atoms with van der Waals surface area (Å²) >= 11 is 4.64. The molecule has 0 aliphatic carbocycles. The van der Waals surface area contributed by atoms with E-state index >= 15 is 0 Å². The summed E-state index contributed by atoms with van der Waals surface area (Å²) in [5, 5.41) is 40.1. The van der Waals surface area contributed by atoms with Gasteiger partial charge in [-0.3, -0.25) is 34.2 Å². The van der Waals surface area contributed by atoms with E-state index in [1.54, 1.807) is 107 Å². The number of benzene rings is 5. The van der Waals surface area contributed by atoms with E-state index in [2.05, 4.69) is 65.0 Å². The van der Waals surface area contributed by atoms with E-state index in [0.717, 1.165) is 27.8 Å². The van der Waals surface area contributed by atoms with Crippen molar-refractivity contribution in [2.75, 3.05) is 20.6 Å². The van der Waals surface area contributed by atoms with Crippen LogP contribution >= 0.6 is 11.6 Å². The molecule has 5 aromatic carbocycles. The molecular formula is C94H141ClN10O21. The number of halogens is 1. The highest BCUT2D eigenvalue weighted by molar-refractivity contribution is 6.15. The Kier molecular flexibility index (Phi) is 51.9. The second kappa shape index (κ2) is 58.0. The van der Waals surface area contributed by atoms with Gasteiger partial charge >= 0.3 is 48.3 Å². The topological polar surface area (TPSA) is 438 Å². The van der Waals surface area contributed by atoms with Gasteiger partial charge in [-0.2, -0.15) is 0 Å². The molecule has 5 aromatic rings. The van der Waals surface area contributed by atoms with Crippen molar-refractivity contribution in [1.29, 1.82) is 0 Å². The number of carboxylic acids is 2. The van der Waals surface area contributed by atoms with Crippen LogP contribution in [0.5, 0.6) is 0 Å². The summed E-state index contributed by atoms with van der Waals surface area (Å²) in [6.45, 7) is 36.2. The molecule has 0 radical (unpaired) electrons. The van der Waals surface area contributed by atoms with Gasteiger partial charge in [0.15, 0.2) is 0 Å². The van der Waals surface area contributed by atoms with Gasteiger partial charge in [-0.15, -0.1) is 11.6 Å². The number of nitrogens with one attached hydrogen (secondary N) is 10. The Hall–Kier alpha value is -11.3. The first-order valence-electron chi connectivity index (χ1n) is 42.3. The van der Waals surface area contributed by atoms with Gasteiger partial charge in [0.05, 0.1) is 14.2 Å². The Bertz CT molecular complexity index is 4100. The first-order valence-corrected chi connectivity index (χ1v) is 43.0. The molecule has 0 fully saturated rings. The van der Waals surface area contributed by atoms with Gasteiger partial charge < -0.3 is 81.2 Å². The van der Waals surface area contributed by atoms with Gasteiger partial charge in [-0.1, -0.05) is 207 Å². The largest absolute Gasteiger partial charge is 0.480 e. The molecule has 0 aliphatic heterocycles. The average molecular weight is 1780 g/mol. The summed E-state index contributed by atoms with van der Waals surface area (Å²) in [6, 6.07) is 38.3. The zero-order valence-corrected chi connectivity index (χ0v) is 78.5. The minimum Gasteiger partial charge on any atom is -0.480 e. The van der Waals surface area contributed by atoms with Crippen LogP contribution in [0.1, 0.15) is 205 Å². The molecule has 5 rings (SSSR count). The van der Waals surface area contributed by atoms with Crippen molar-refractivity contribution in [1.82, 2.24) is 53.4 Å². The normalized spacial score (nSPS) is 13.3. The monoisotopic (exact) mass is 1780 g/mol. The van der Waals surface area contributed by atoms with Crippen LogP contribution in [0.2, 0.25) is 0 Å². The Morgan fingerprint density at radius 2 is 0.508 bits per heavy atom. The van der Waals surface area contributed by atoms with Crippen molar-refractivity contribution in [3.8, 4) is 0 Å². The summed E-state index contributed by atoms with van der Waals surface area (Å²) in [6.07, 6.45) is 2.32. The number of esters is 2. The fourth-order valence-corrected chi connectivity index (χ4v) is 11.8. The maximum atomic E-state index is 13.5. The molecule has 31 nitrogen and oxygen atoms in total. The smallest absolute Gasteiger partial charge is 0.422 e. The van der Waals surface area contributed by atoms with Crippen LogP contribution < -0.4 is 53.4 Å². The van der Waals surface area contributed by atoms with Gasteiger partial charge in [0.2, 0.25) is 29.5 Å². The number of carboxylic acid groups (broad SMARTS) is 2. The van der Waals surface area contributed by atoms with Crippen LogP contribution in [-0.2, 0) is 104 Å². The zero-order valence-electron chi connectivity index (χ0n) is 77.7. The second-order valence-corrected chi connectivity index (χ2v) is 35.6. The standard InChI is InChI=1S/C31H43N3O6.C30H41N3O6.C21H32N2O5.C11H22N2O4.CH3Cl/c1-21(2)19-25(28(36)33-26(29(37)39-6)20-23-15-11-8-12-16-23)32-27(35)24(34-30(38)40-31(3,4)5)18-17-22-13-9-7-10-14-22;1-20(2)18-24(27(35)32-25(28(36)37)19-22-14-10-7-11-15-22)31-26(34)23(33-29(38)39-30(3,4)5)17-16-21-12-8-6-9-13-21;1-14(2)12-16(23-20(26)28-21(3,4)5)18(24)22-17(19(25)27-6)13-15-10-8-7-9-11-15;1-7(2)6-8(9(14)15)12-13-10(16)17-11(3,4)5;1-2/h7-16,21,24-26H,17-20H2,1-6H3,(H,32,35)(H,33,36)(H,34,38);6-15,20,23-25H,16-19H2,1-5H3,(H,31,34)(H,32,35)(H,33,38)(H,36,37);7-11,14,16-17H,12-13H2,1-6H3,(H,22,24)(H,23,26);7-8,12H,6H2,1-5H3,(H,13,16)(H,14,15);1H3/t24-,25-,26-;23-,24-,25-;16-,17-;8-;/m0000./s1. The lowest BCUT2D eigenvalue weighted by Gasteiger charge is -2.27. The Balaban J connectivity index is 0.000000868. The molecule has 126 heavy (non-hydrogen) atoms. The SMILES string of the molecule is CC(C)C[C@H](NC(=O)[C@H](CCc1ccccc1)NC(=O)OC(C)(C)C)C(=O)N[C@@H](Cc1ccccc1)C(=O)O.CC(C)C[C@H](NNC(=O)OC(C)(C)C)C(=O)O.CCl.COC(=O)[C@H](Cc1ccccc1)NC(=O)[C@H](CC(C)C)NC(=O)OC(C)(C)C.COC(=O)[C@H](Cc1ccccc1)NC(=O)[C@H](CC(C)C)NC(=O)[C@H](CCc1ccccc1)NC(=O)OC(C)(C)C. The van der Waals surface area contributed by atoms with Crippen molar-refractivity contribution in [3.63, 3.8) is 0 Å². The third kappa shape index (κ3) is 52.4. The lowest BCUT2D eigenvalue weighted by molar-refractivity contribution is -0.145. The Morgan fingerprint density at radius 1 is 0.294 bits per heavy atom. The number of carbonyl (C=O) groups excluding carboxylic acids is 11. The molecule has 0 bridgehead atoms. The molecule has 0 heterocycles. The predicted octanol–water partition coefficient (Wildman–Crippen LogP) is 13.0.